The van der Waals surface area contributed by atoms with Crippen molar-refractivity contribution in [3.8, 4) is 11.3 Å². The van der Waals surface area contributed by atoms with Crippen LogP contribution in [0.2, 0.25) is 0 Å². The lowest BCUT2D eigenvalue weighted by Crippen LogP contribution is -2.12. The van der Waals surface area contributed by atoms with E-state index >= 15 is 0 Å². The van der Waals surface area contributed by atoms with Gasteiger partial charge in [0.25, 0.3) is 0 Å². The van der Waals surface area contributed by atoms with E-state index in [0.717, 1.165) is 12.1 Å². The maximum Gasteiger partial charge on any atom is 0.433 e. The third-order valence-electron chi connectivity index (χ3n) is 2.47. The summed E-state index contributed by atoms with van der Waals surface area (Å²) in [5.41, 5.74) is -0.789. The summed E-state index contributed by atoms with van der Waals surface area (Å²) < 4.78 is 51.5. The van der Waals surface area contributed by atoms with E-state index in [2.05, 4.69) is 15.3 Å². The van der Waals surface area contributed by atoms with Crippen molar-refractivity contribution in [3.63, 3.8) is 0 Å². The summed E-state index contributed by atoms with van der Waals surface area (Å²) in [7, 11) is 0. The predicted molar refractivity (Wildman–Crippen MR) is 66.6 cm³/mol. The standard InChI is InChI=1S/C13H11F4N3/c1-2-18-12-19-10(7-11(20-12)13(15,16)17)8-4-3-5-9(14)6-8/h3-7H,2H2,1H3,(H,18,19,20). The Morgan fingerprint density at radius 1 is 1.15 bits per heavy atom. The zero-order valence-electron chi connectivity index (χ0n) is 10.5. The average Bonchev–Trinajstić information content (AvgIpc) is 2.38. The Labute approximate surface area is 112 Å². The van der Waals surface area contributed by atoms with Gasteiger partial charge in [-0.3, -0.25) is 0 Å². The SMILES string of the molecule is CCNc1nc(-c2cccc(F)c2)cc(C(F)(F)F)n1. The van der Waals surface area contributed by atoms with Crippen LogP contribution in [0.4, 0.5) is 23.5 Å². The molecule has 0 atom stereocenters. The fourth-order valence-electron chi connectivity index (χ4n) is 1.63. The second kappa shape index (κ2) is 5.44. The summed E-state index contributed by atoms with van der Waals surface area (Å²) in [5, 5.41) is 2.63. The van der Waals surface area contributed by atoms with Crippen molar-refractivity contribution in [1.29, 1.82) is 0 Å². The lowest BCUT2D eigenvalue weighted by Gasteiger charge is -2.11. The van der Waals surface area contributed by atoms with Gasteiger partial charge in [-0.15, -0.1) is 0 Å². The molecule has 0 radical (unpaired) electrons. The zero-order chi connectivity index (χ0) is 14.8. The highest BCUT2D eigenvalue weighted by Gasteiger charge is 2.33. The molecule has 20 heavy (non-hydrogen) atoms. The van der Waals surface area contributed by atoms with Crippen LogP contribution >= 0.6 is 0 Å². The van der Waals surface area contributed by atoms with E-state index < -0.39 is 17.7 Å². The molecule has 0 aliphatic carbocycles. The lowest BCUT2D eigenvalue weighted by molar-refractivity contribution is -0.141. The largest absolute Gasteiger partial charge is 0.433 e. The summed E-state index contributed by atoms with van der Waals surface area (Å²) in [6.45, 7) is 2.09. The molecule has 3 nitrogen and oxygen atoms in total. The molecule has 7 heteroatoms. The highest BCUT2D eigenvalue weighted by atomic mass is 19.4. The maximum atomic E-state index is 13.2. The van der Waals surface area contributed by atoms with Gasteiger partial charge in [-0.05, 0) is 25.1 Å². The van der Waals surface area contributed by atoms with Crippen LogP contribution in [0, 0.1) is 5.82 Å². The van der Waals surface area contributed by atoms with Crippen LogP contribution in [-0.4, -0.2) is 16.5 Å². The molecule has 0 amide bonds. The minimum Gasteiger partial charge on any atom is -0.354 e. The number of anilines is 1. The van der Waals surface area contributed by atoms with Gasteiger partial charge in [0.2, 0.25) is 5.95 Å². The summed E-state index contributed by atoms with van der Waals surface area (Å²) in [5.74, 6) is -0.679. The second-order valence-electron chi connectivity index (χ2n) is 4.00. The number of benzene rings is 1. The Hall–Kier alpha value is -2.18. The van der Waals surface area contributed by atoms with Gasteiger partial charge in [0, 0.05) is 12.1 Å². The molecule has 1 aromatic heterocycles. The van der Waals surface area contributed by atoms with Gasteiger partial charge in [-0.1, -0.05) is 12.1 Å². The first-order valence-corrected chi connectivity index (χ1v) is 5.86. The molecule has 0 unspecified atom stereocenters. The number of nitrogens with one attached hydrogen (secondary N) is 1. The van der Waals surface area contributed by atoms with E-state index in [0.29, 0.717) is 6.54 Å². The van der Waals surface area contributed by atoms with E-state index in [1.807, 2.05) is 0 Å². The second-order valence-corrected chi connectivity index (χ2v) is 4.00. The van der Waals surface area contributed by atoms with Crippen LogP contribution in [-0.2, 0) is 6.18 Å². The van der Waals surface area contributed by atoms with E-state index in [4.69, 9.17) is 0 Å². The van der Waals surface area contributed by atoms with Crippen LogP contribution in [0.3, 0.4) is 0 Å². The molecule has 106 valence electrons. The first-order valence-electron chi connectivity index (χ1n) is 5.86. The maximum absolute atomic E-state index is 13.2. The number of alkyl halides is 3. The molecular formula is C13H11F4N3. The minimum absolute atomic E-state index is 0.0165. The third-order valence-corrected chi connectivity index (χ3v) is 2.47. The third kappa shape index (κ3) is 3.23. The van der Waals surface area contributed by atoms with Crippen LogP contribution < -0.4 is 5.32 Å². The molecule has 0 spiro atoms. The van der Waals surface area contributed by atoms with Crippen LogP contribution in [0.15, 0.2) is 30.3 Å². The number of hydrogen-bond donors (Lipinski definition) is 1. The first kappa shape index (κ1) is 14.2. The molecule has 0 fully saturated rings. The number of halogens is 4. The Morgan fingerprint density at radius 2 is 1.90 bits per heavy atom. The fraction of sp³-hybridized carbons (Fsp3) is 0.231. The van der Waals surface area contributed by atoms with Crippen molar-refractivity contribution in [2.45, 2.75) is 13.1 Å². The smallest absolute Gasteiger partial charge is 0.354 e. The topological polar surface area (TPSA) is 37.8 Å². The molecule has 1 aromatic carbocycles. The van der Waals surface area contributed by atoms with Gasteiger partial charge >= 0.3 is 6.18 Å². The van der Waals surface area contributed by atoms with E-state index in [1.165, 1.54) is 18.2 Å². The normalized spacial score (nSPS) is 11.4. The number of hydrogen-bond acceptors (Lipinski definition) is 3. The van der Waals surface area contributed by atoms with Gasteiger partial charge in [-0.25, -0.2) is 14.4 Å². The Bertz CT molecular complexity index is 611. The molecule has 1 N–H and O–H groups in total. The molecular weight excluding hydrogens is 274 g/mol. The van der Waals surface area contributed by atoms with Crippen molar-refractivity contribution in [2.24, 2.45) is 0 Å². The van der Waals surface area contributed by atoms with Crippen molar-refractivity contribution in [3.05, 3.63) is 41.8 Å². The molecule has 1 heterocycles. The van der Waals surface area contributed by atoms with E-state index in [1.54, 1.807) is 6.92 Å². The summed E-state index contributed by atoms with van der Waals surface area (Å²) in [4.78, 5) is 7.36. The predicted octanol–water partition coefficient (Wildman–Crippen LogP) is 3.73. The molecule has 0 bridgehead atoms. The summed E-state index contributed by atoms with van der Waals surface area (Å²) in [6.07, 6.45) is -4.59. The monoisotopic (exact) mass is 285 g/mol. The molecule has 0 aliphatic heterocycles. The molecule has 0 aliphatic rings. The highest BCUT2D eigenvalue weighted by Crippen LogP contribution is 2.31. The molecule has 0 saturated heterocycles. The zero-order valence-corrected chi connectivity index (χ0v) is 10.5. The fourth-order valence-corrected chi connectivity index (χ4v) is 1.63. The van der Waals surface area contributed by atoms with Crippen LogP contribution in [0.5, 0.6) is 0 Å². The summed E-state index contributed by atoms with van der Waals surface area (Å²) in [6, 6.07) is 6.03. The van der Waals surface area contributed by atoms with Gasteiger partial charge in [-0.2, -0.15) is 13.2 Å². The quantitative estimate of drug-likeness (QED) is 0.873. The average molecular weight is 285 g/mol. The lowest BCUT2D eigenvalue weighted by atomic mass is 10.1. The van der Waals surface area contributed by atoms with Crippen LogP contribution in [0.1, 0.15) is 12.6 Å². The Morgan fingerprint density at radius 3 is 2.50 bits per heavy atom. The summed E-state index contributed by atoms with van der Waals surface area (Å²) >= 11 is 0. The van der Waals surface area contributed by atoms with Crippen LogP contribution in [0.25, 0.3) is 11.3 Å². The number of aromatic nitrogens is 2. The molecule has 2 aromatic rings. The molecule has 0 saturated carbocycles. The van der Waals surface area contributed by atoms with E-state index in [-0.39, 0.29) is 17.2 Å². The van der Waals surface area contributed by atoms with Crippen molar-refractivity contribution in [1.82, 2.24) is 9.97 Å². The number of rotatable bonds is 3. The van der Waals surface area contributed by atoms with E-state index in [9.17, 15) is 17.6 Å². The van der Waals surface area contributed by atoms with Crippen molar-refractivity contribution < 1.29 is 17.6 Å². The molecule has 2 rings (SSSR count). The number of nitrogens with zero attached hydrogens (tertiary/aromatic N) is 2. The minimum atomic E-state index is -4.59. The first-order chi connectivity index (χ1) is 9.40. The Kier molecular flexibility index (Phi) is 3.87. The van der Waals surface area contributed by atoms with Gasteiger partial charge in [0.15, 0.2) is 5.69 Å². The van der Waals surface area contributed by atoms with Crippen molar-refractivity contribution in [2.75, 3.05) is 11.9 Å². The van der Waals surface area contributed by atoms with Gasteiger partial charge in [0.05, 0.1) is 5.69 Å². The highest BCUT2D eigenvalue weighted by molar-refractivity contribution is 5.61. The van der Waals surface area contributed by atoms with Gasteiger partial charge < -0.3 is 5.32 Å². The van der Waals surface area contributed by atoms with Crippen molar-refractivity contribution >= 4 is 5.95 Å². The van der Waals surface area contributed by atoms with Gasteiger partial charge in [0.1, 0.15) is 5.82 Å². The Balaban J connectivity index is 2.54.